The van der Waals surface area contributed by atoms with Crippen molar-refractivity contribution in [1.29, 1.82) is 5.26 Å². The van der Waals surface area contributed by atoms with Crippen molar-refractivity contribution in [2.45, 2.75) is 26.3 Å². The molecular formula is C14H19ClN2O. The van der Waals surface area contributed by atoms with E-state index >= 15 is 0 Å². The summed E-state index contributed by atoms with van der Waals surface area (Å²) in [7, 11) is 0. The molecule has 0 radical (unpaired) electrons. The number of hydrogen-bond donors (Lipinski definition) is 1. The first-order valence-corrected chi connectivity index (χ1v) is 6.62. The zero-order valence-electron chi connectivity index (χ0n) is 10.7. The zero-order chi connectivity index (χ0) is 13.2. The molecule has 0 aliphatic heterocycles. The van der Waals surface area contributed by atoms with Crippen molar-refractivity contribution in [3.8, 4) is 6.07 Å². The number of unbranched alkanes of at least 4 members (excludes halogenated alkanes) is 1. The van der Waals surface area contributed by atoms with E-state index in [0.29, 0.717) is 23.7 Å². The van der Waals surface area contributed by atoms with Crippen LogP contribution in [0.4, 0.5) is 0 Å². The summed E-state index contributed by atoms with van der Waals surface area (Å²) in [6.07, 6.45) is 2.27. The molecule has 0 aromatic heterocycles. The van der Waals surface area contributed by atoms with Crippen molar-refractivity contribution in [2.24, 2.45) is 0 Å². The van der Waals surface area contributed by atoms with E-state index in [4.69, 9.17) is 21.6 Å². The highest BCUT2D eigenvalue weighted by Crippen LogP contribution is 2.17. The van der Waals surface area contributed by atoms with E-state index in [1.807, 2.05) is 6.07 Å². The van der Waals surface area contributed by atoms with Gasteiger partial charge < -0.3 is 10.1 Å². The van der Waals surface area contributed by atoms with Gasteiger partial charge in [-0.3, -0.25) is 0 Å². The topological polar surface area (TPSA) is 45.0 Å². The molecule has 0 amide bonds. The molecular weight excluding hydrogens is 248 g/mol. The van der Waals surface area contributed by atoms with Gasteiger partial charge in [-0.2, -0.15) is 5.26 Å². The molecule has 0 atom stereocenters. The number of halogens is 1. The van der Waals surface area contributed by atoms with E-state index in [1.165, 1.54) is 0 Å². The Bertz CT molecular complexity index is 401. The van der Waals surface area contributed by atoms with Crippen molar-refractivity contribution < 1.29 is 4.74 Å². The molecule has 98 valence electrons. The molecule has 1 rings (SSSR count). The minimum atomic E-state index is 0.589. The number of benzene rings is 1. The number of nitrogens with one attached hydrogen (secondary N) is 1. The fraction of sp³-hybridized carbons (Fsp3) is 0.500. The van der Waals surface area contributed by atoms with Crippen LogP contribution in [0.1, 0.15) is 30.9 Å². The van der Waals surface area contributed by atoms with E-state index in [-0.39, 0.29) is 0 Å². The summed E-state index contributed by atoms with van der Waals surface area (Å²) in [5.41, 5.74) is 1.59. The second kappa shape index (κ2) is 8.93. The minimum absolute atomic E-state index is 0.589. The summed E-state index contributed by atoms with van der Waals surface area (Å²) in [4.78, 5) is 0. The Labute approximate surface area is 114 Å². The summed E-state index contributed by atoms with van der Waals surface area (Å²) in [6.45, 7) is 5.19. The van der Waals surface area contributed by atoms with Crippen molar-refractivity contribution in [3.05, 3.63) is 34.3 Å². The third-order valence-electron chi connectivity index (χ3n) is 2.56. The number of ether oxygens (including phenoxy) is 1. The fourth-order valence-electron chi connectivity index (χ4n) is 1.48. The Morgan fingerprint density at radius 2 is 2.22 bits per heavy atom. The lowest BCUT2D eigenvalue weighted by Crippen LogP contribution is -2.19. The van der Waals surface area contributed by atoms with Crippen molar-refractivity contribution in [2.75, 3.05) is 19.8 Å². The molecule has 0 heterocycles. The van der Waals surface area contributed by atoms with Crippen LogP contribution in [0.15, 0.2) is 18.2 Å². The van der Waals surface area contributed by atoms with Gasteiger partial charge in [0.05, 0.1) is 18.2 Å². The van der Waals surface area contributed by atoms with Crippen LogP contribution in [-0.2, 0) is 11.3 Å². The first-order valence-electron chi connectivity index (χ1n) is 6.25. The van der Waals surface area contributed by atoms with Gasteiger partial charge in [-0.25, -0.2) is 0 Å². The van der Waals surface area contributed by atoms with Crippen LogP contribution in [0.2, 0.25) is 5.02 Å². The first kappa shape index (κ1) is 15.0. The maximum atomic E-state index is 8.73. The molecule has 4 heteroatoms. The number of nitrogens with zero attached hydrogens (tertiary/aromatic N) is 1. The second-order valence-electron chi connectivity index (χ2n) is 4.06. The van der Waals surface area contributed by atoms with Gasteiger partial charge in [0.15, 0.2) is 0 Å². The van der Waals surface area contributed by atoms with Gasteiger partial charge >= 0.3 is 0 Å². The zero-order valence-corrected chi connectivity index (χ0v) is 11.5. The summed E-state index contributed by atoms with van der Waals surface area (Å²) in [6, 6.07) is 7.42. The summed E-state index contributed by atoms with van der Waals surface area (Å²) in [5, 5.41) is 12.6. The average molecular weight is 267 g/mol. The maximum absolute atomic E-state index is 8.73. The van der Waals surface area contributed by atoms with E-state index < -0.39 is 0 Å². The number of hydrogen-bond acceptors (Lipinski definition) is 3. The normalized spacial score (nSPS) is 10.3. The van der Waals surface area contributed by atoms with E-state index in [2.05, 4.69) is 18.3 Å². The van der Waals surface area contributed by atoms with Crippen LogP contribution in [0.25, 0.3) is 0 Å². The lowest BCUT2D eigenvalue weighted by Gasteiger charge is -2.07. The molecule has 0 saturated carbocycles. The van der Waals surface area contributed by atoms with Gasteiger partial charge in [0.1, 0.15) is 0 Å². The summed E-state index contributed by atoms with van der Waals surface area (Å²) in [5.74, 6) is 0. The monoisotopic (exact) mass is 266 g/mol. The largest absolute Gasteiger partial charge is 0.380 e. The standard InChI is InChI=1S/C14H19ClN2O/c1-2-3-7-18-8-6-17-11-13-5-4-12(10-16)9-14(13)15/h4-5,9,17H,2-3,6-8,11H2,1H3. The van der Waals surface area contributed by atoms with E-state index in [1.54, 1.807) is 12.1 Å². The molecule has 18 heavy (non-hydrogen) atoms. The molecule has 1 N–H and O–H groups in total. The molecule has 0 aliphatic rings. The van der Waals surface area contributed by atoms with E-state index in [9.17, 15) is 0 Å². The van der Waals surface area contributed by atoms with Crippen LogP contribution >= 0.6 is 11.6 Å². The Balaban J connectivity index is 2.21. The Kier molecular flexibility index (Phi) is 7.43. The van der Waals surface area contributed by atoms with Crippen molar-refractivity contribution in [3.63, 3.8) is 0 Å². The van der Waals surface area contributed by atoms with E-state index in [0.717, 1.165) is 31.6 Å². The lowest BCUT2D eigenvalue weighted by atomic mass is 10.1. The highest BCUT2D eigenvalue weighted by atomic mass is 35.5. The minimum Gasteiger partial charge on any atom is -0.380 e. The van der Waals surface area contributed by atoms with Gasteiger partial charge in [-0.1, -0.05) is 31.0 Å². The molecule has 1 aromatic rings. The molecule has 3 nitrogen and oxygen atoms in total. The molecule has 0 saturated heterocycles. The Hall–Kier alpha value is -1.08. The van der Waals surface area contributed by atoms with Crippen LogP contribution < -0.4 is 5.32 Å². The number of rotatable bonds is 8. The van der Waals surface area contributed by atoms with Gasteiger partial charge in [-0.05, 0) is 24.1 Å². The fourth-order valence-corrected chi connectivity index (χ4v) is 1.72. The molecule has 0 unspecified atom stereocenters. The SMILES string of the molecule is CCCCOCCNCc1ccc(C#N)cc1Cl. The van der Waals surface area contributed by atoms with Crippen LogP contribution in [-0.4, -0.2) is 19.8 Å². The quantitative estimate of drug-likeness (QED) is 0.736. The molecule has 0 bridgehead atoms. The highest BCUT2D eigenvalue weighted by molar-refractivity contribution is 6.31. The number of nitriles is 1. The third kappa shape index (κ3) is 5.50. The summed E-state index contributed by atoms with van der Waals surface area (Å²) < 4.78 is 5.44. The third-order valence-corrected chi connectivity index (χ3v) is 2.91. The first-order chi connectivity index (χ1) is 8.77. The molecule has 0 spiro atoms. The second-order valence-corrected chi connectivity index (χ2v) is 4.47. The average Bonchev–Trinajstić information content (AvgIpc) is 2.39. The molecule has 0 aliphatic carbocycles. The van der Waals surface area contributed by atoms with Crippen LogP contribution in [0, 0.1) is 11.3 Å². The Morgan fingerprint density at radius 3 is 2.89 bits per heavy atom. The van der Waals surface area contributed by atoms with Gasteiger partial charge in [0.25, 0.3) is 0 Å². The predicted octanol–water partition coefficient (Wildman–Crippen LogP) is 3.12. The Morgan fingerprint density at radius 1 is 1.39 bits per heavy atom. The smallest absolute Gasteiger partial charge is 0.0992 e. The van der Waals surface area contributed by atoms with Crippen molar-refractivity contribution in [1.82, 2.24) is 5.32 Å². The summed E-state index contributed by atoms with van der Waals surface area (Å²) >= 11 is 6.07. The lowest BCUT2D eigenvalue weighted by molar-refractivity contribution is 0.133. The maximum Gasteiger partial charge on any atom is 0.0992 e. The highest BCUT2D eigenvalue weighted by Gasteiger charge is 2.01. The van der Waals surface area contributed by atoms with Gasteiger partial charge in [0.2, 0.25) is 0 Å². The van der Waals surface area contributed by atoms with Gasteiger partial charge in [0, 0.05) is 24.7 Å². The van der Waals surface area contributed by atoms with Crippen molar-refractivity contribution >= 4 is 11.6 Å². The molecule has 1 aromatic carbocycles. The predicted molar refractivity (Wildman–Crippen MR) is 73.6 cm³/mol. The van der Waals surface area contributed by atoms with Crippen LogP contribution in [0.5, 0.6) is 0 Å². The van der Waals surface area contributed by atoms with Crippen LogP contribution in [0.3, 0.4) is 0 Å². The van der Waals surface area contributed by atoms with Gasteiger partial charge in [-0.15, -0.1) is 0 Å². The molecule has 0 fully saturated rings.